The van der Waals surface area contributed by atoms with Gasteiger partial charge in [0.1, 0.15) is 23.6 Å². The third-order valence-electron chi connectivity index (χ3n) is 6.04. The van der Waals surface area contributed by atoms with Crippen LogP contribution in [0, 0.1) is 18.3 Å². The van der Waals surface area contributed by atoms with Gasteiger partial charge in [-0.25, -0.2) is 9.97 Å². The first-order chi connectivity index (χ1) is 14.9. The largest absolute Gasteiger partial charge is 0.475 e. The van der Waals surface area contributed by atoms with E-state index in [2.05, 4.69) is 26.0 Å². The molecule has 3 aromatic rings. The van der Waals surface area contributed by atoms with E-state index in [-0.39, 0.29) is 30.1 Å². The van der Waals surface area contributed by atoms with Crippen molar-refractivity contribution >= 4 is 5.82 Å². The van der Waals surface area contributed by atoms with E-state index in [9.17, 15) is 5.26 Å². The molecule has 158 valence electrons. The van der Waals surface area contributed by atoms with Crippen molar-refractivity contribution in [3.05, 3.63) is 46.9 Å². The lowest BCUT2D eigenvalue weighted by atomic mass is 9.93. The smallest absolute Gasteiger partial charge is 0.258 e. The molecule has 1 saturated heterocycles. The number of nitrogens with two attached hydrogens (primary N) is 1. The number of fused-ring (bicyclic) bond motifs is 1. The first-order valence-electron chi connectivity index (χ1n) is 10.1. The van der Waals surface area contributed by atoms with E-state index in [1.54, 1.807) is 17.9 Å². The molecule has 2 aromatic heterocycles. The fraction of sp³-hybridized carbons (Fsp3) is 0.364. The van der Waals surface area contributed by atoms with Gasteiger partial charge in [0.15, 0.2) is 12.0 Å². The van der Waals surface area contributed by atoms with Gasteiger partial charge in [0.05, 0.1) is 29.2 Å². The highest BCUT2D eigenvalue weighted by Gasteiger charge is 2.43. The van der Waals surface area contributed by atoms with Crippen molar-refractivity contribution < 1.29 is 9.47 Å². The predicted octanol–water partition coefficient (Wildman–Crippen LogP) is 2.87. The summed E-state index contributed by atoms with van der Waals surface area (Å²) in [5.74, 6) is 1.16. The molecule has 2 unspecified atom stereocenters. The number of rotatable bonds is 0. The maximum absolute atomic E-state index is 9.78. The highest BCUT2D eigenvalue weighted by Crippen LogP contribution is 2.44. The van der Waals surface area contributed by atoms with E-state index in [0.717, 1.165) is 29.0 Å². The Kier molecular flexibility index (Phi) is 4.34. The lowest BCUT2D eigenvalue weighted by Gasteiger charge is -2.45. The van der Waals surface area contributed by atoms with Crippen LogP contribution >= 0.6 is 0 Å². The van der Waals surface area contributed by atoms with Crippen molar-refractivity contribution in [2.75, 3.05) is 12.8 Å². The number of ether oxygens (including phenoxy) is 2. The first-order valence-corrected chi connectivity index (χ1v) is 10.1. The number of aryl methyl sites for hydroxylation is 2. The third-order valence-corrected chi connectivity index (χ3v) is 6.04. The number of anilines is 1. The Morgan fingerprint density at radius 2 is 2.06 bits per heavy atom. The molecule has 0 radical (unpaired) electrons. The molecule has 9 heteroatoms. The molecule has 3 aliphatic heterocycles. The number of hydrogen-bond donors (Lipinski definition) is 1. The summed E-state index contributed by atoms with van der Waals surface area (Å²) in [7, 11) is 3.75. The molecule has 0 aliphatic carbocycles. The second-order valence-electron chi connectivity index (χ2n) is 8.08. The molecule has 0 amide bonds. The number of benzene rings is 1. The molecule has 2 N–H and O–H groups in total. The van der Waals surface area contributed by atoms with Crippen molar-refractivity contribution in [2.24, 2.45) is 7.05 Å². The Bertz CT molecular complexity index is 1230. The number of nitrogens with zero attached hydrogens (tertiary/aromatic N) is 6. The van der Waals surface area contributed by atoms with E-state index in [1.807, 2.05) is 39.1 Å². The minimum Gasteiger partial charge on any atom is -0.475 e. The van der Waals surface area contributed by atoms with Gasteiger partial charge in [0.2, 0.25) is 0 Å². The van der Waals surface area contributed by atoms with Gasteiger partial charge in [-0.1, -0.05) is 11.6 Å². The van der Waals surface area contributed by atoms with Gasteiger partial charge < -0.3 is 15.2 Å². The van der Waals surface area contributed by atoms with E-state index in [1.165, 1.54) is 0 Å². The van der Waals surface area contributed by atoms with Crippen LogP contribution in [0.5, 0.6) is 11.6 Å². The zero-order valence-corrected chi connectivity index (χ0v) is 17.8. The summed E-state index contributed by atoms with van der Waals surface area (Å²) in [6.07, 6.45) is 1.83. The Labute approximate surface area is 180 Å². The number of nitriles is 1. The number of aromatic nitrogens is 4. The molecule has 3 atom stereocenters. The Morgan fingerprint density at radius 1 is 1.26 bits per heavy atom. The molecule has 0 saturated carbocycles. The fourth-order valence-corrected chi connectivity index (χ4v) is 4.24. The summed E-state index contributed by atoms with van der Waals surface area (Å²) in [5, 5.41) is 14.4. The van der Waals surface area contributed by atoms with E-state index in [4.69, 9.17) is 15.2 Å². The predicted molar refractivity (Wildman–Crippen MR) is 113 cm³/mol. The van der Waals surface area contributed by atoms with Gasteiger partial charge in [0.25, 0.3) is 5.88 Å². The highest BCUT2D eigenvalue weighted by molar-refractivity contribution is 5.70. The molecule has 31 heavy (non-hydrogen) atoms. The summed E-state index contributed by atoms with van der Waals surface area (Å²) < 4.78 is 14.1. The van der Waals surface area contributed by atoms with Crippen molar-refractivity contribution in [1.29, 1.82) is 5.26 Å². The van der Waals surface area contributed by atoms with Crippen LogP contribution in [0.25, 0.3) is 11.3 Å². The van der Waals surface area contributed by atoms with Crippen LogP contribution < -0.4 is 15.2 Å². The normalized spacial score (nSPS) is 22.2. The maximum Gasteiger partial charge on any atom is 0.258 e. The van der Waals surface area contributed by atoms with Crippen LogP contribution in [0.3, 0.4) is 0 Å². The van der Waals surface area contributed by atoms with E-state index >= 15 is 0 Å². The molecule has 9 nitrogen and oxygen atoms in total. The molecular weight excluding hydrogens is 394 g/mol. The van der Waals surface area contributed by atoms with Gasteiger partial charge in [-0.3, -0.25) is 9.58 Å². The van der Waals surface area contributed by atoms with Crippen LogP contribution in [0.1, 0.15) is 48.0 Å². The lowest BCUT2D eigenvalue weighted by Crippen LogP contribution is -2.51. The van der Waals surface area contributed by atoms with Gasteiger partial charge in [-0.15, -0.1) is 0 Å². The molecule has 4 bridgehead atoms. The summed E-state index contributed by atoms with van der Waals surface area (Å²) in [6, 6.07) is 8.27. The summed E-state index contributed by atoms with van der Waals surface area (Å²) in [5.41, 5.74) is 10.4. The van der Waals surface area contributed by atoms with Crippen LogP contribution in [0.15, 0.2) is 24.4 Å². The number of nitrogen functional groups attached to an aromatic ring is 1. The lowest BCUT2D eigenvalue weighted by molar-refractivity contribution is -0.0882. The van der Waals surface area contributed by atoms with Gasteiger partial charge >= 0.3 is 0 Å². The van der Waals surface area contributed by atoms with Crippen molar-refractivity contribution in [2.45, 2.75) is 38.6 Å². The average Bonchev–Trinajstić information content (AvgIpc) is 3.07. The second-order valence-corrected chi connectivity index (χ2v) is 8.08. The van der Waals surface area contributed by atoms with Crippen molar-refractivity contribution in [3.63, 3.8) is 0 Å². The van der Waals surface area contributed by atoms with Gasteiger partial charge in [-0.05, 0) is 33.0 Å². The highest BCUT2D eigenvalue weighted by atomic mass is 16.5. The van der Waals surface area contributed by atoms with Gasteiger partial charge in [-0.2, -0.15) is 10.4 Å². The Morgan fingerprint density at radius 3 is 2.81 bits per heavy atom. The molecule has 1 fully saturated rings. The van der Waals surface area contributed by atoms with Gasteiger partial charge in [0, 0.05) is 19.0 Å². The Hall–Kier alpha value is -3.64. The minimum atomic E-state index is -0.368. The maximum atomic E-state index is 9.78. The second kappa shape index (κ2) is 6.96. The SMILES string of the molecule is Cc1ccc2c(c1)[C@@H](C)Oc1nc(cnc1N)-c1c(nn(C)c1C#N)C1CC(O2)N1C. The molecular formula is C22H23N7O2. The molecule has 6 rings (SSSR count). The minimum absolute atomic E-state index is 0.0101. The molecule has 0 spiro atoms. The standard InChI is InChI=1S/C22H23N7O2/c1-11-5-6-17-13(7-11)12(2)30-22-21(24)25-10-14(26-22)19-16(9-23)29(4)27-20(19)15-8-18(31-17)28(15)3/h5-7,10,12,15,18H,8H2,1-4H3,(H2,24,25)/t12-,15?,18?/m1/s1. The molecule has 1 aromatic carbocycles. The number of hydrogen-bond acceptors (Lipinski definition) is 8. The summed E-state index contributed by atoms with van der Waals surface area (Å²) in [6.45, 7) is 3.96. The molecule has 5 heterocycles. The molecule has 3 aliphatic rings. The first kappa shape index (κ1) is 19.3. The van der Waals surface area contributed by atoms with Crippen LogP contribution in [-0.4, -0.2) is 37.9 Å². The van der Waals surface area contributed by atoms with Crippen molar-refractivity contribution in [1.82, 2.24) is 24.6 Å². The average molecular weight is 417 g/mol. The van der Waals surface area contributed by atoms with Crippen molar-refractivity contribution in [3.8, 4) is 29.0 Å². The zero-order valence-electron chi connectivity index (χ0n) is 17.8. The monoisotopic (exact) mass is 417 g/mol. The van der Waals surface area contributed by atoms with Crippen LogP contribution in [0.2, 0.25) is 0 Å². The van der Waals surface area contributed by atoms with E-state index in [0.29, 0.717) is 17.0 Å². The fourth-order valence-electron chi connectivity index (χ4n) is 4.24. The van der Waals surface area contributed by atoms with E-state index < -0.39 is 0 Å². The van der Waals surface area contributed by atoms with Crippen LogP contribution in [0.4, 0.5) is 5.82 Å². The topological polar surface area (TPSA) is 115 Å². The summed E-state index contributed by atoms with van der Waals surface area (Å²) in [4.78, 5) is 11.1. The summed E-state index contributed by atoms with van der Waals surface area (Å²) >= 11 is 0. The van der Waals surface area contributed by atoms with Crippen LogP contribution in [-0.2, 0) is 7.05 Å². The third kappa shape index (κ3) is 2.99. The quantitative estimate of drug-likeness (QED) is 0.594. The Balaban J connectivity index is 1.72. The zero-order chi connectivity index (χ0) is 21.9.